The number of carboxylic acid groups (broad SMARTS) is 1. The van der Waals surface area contributed by atoms with Crippen LogP contribution in [-0.4, -0.2) is 71.8 Å². The summed E-state index contributed by atoms with van der Waals surface area (Å²) in [4.78, 5) is 49.3. The number of allylic oxidation sites excluding steroid dienone is 1. The van der Waals surface area contributed by atoms with Gasteiger partial charge in [-0.05, 0) is 45.4 Å². The van der Waals surface area contributed by atoms with Gasteiger partial charge in [-0.2, -0.15) is 0 Å². The molecule has 1 rings (SSSR count). The summed E-state index contributed by atoms with van der Waals surface area (Å²) in [6.07, 6.45) is 2.51. The number of nitrogens with zero attached hydrogens (tertiary/aromatic N) is 1. The van der Waals surface area contributed by atoms with Gasteiger partial charge in [0.1, 0.15) is 12.1 Å². The Kier molecular flexibility index (Phi) is 11.3. The highest BCUT2D eigenvalue weighted by Gasteiger charge is 2.35. The van der Waals surface area contributed by atoms with Crippen LogP contribution in [0.3, 0.4) is 0 Å². The molecule has 1 aliphatic rings. The number of carbonyl (C=O) groups excluding carboxylic acids is 3. The van der Waals surface area contributed by atoms with E-state index in [0.29, 0.717) is 32.2 Å². The molecule has 5 atom stereocenters. The fraction of sp³-hybridized carbons (Fsp3) is 0.727. The molecule has 1 heterocycles. The maximum Gasteiger partial charge on any atom is 0.322 e. The average molecular weight is 456 g/mol. The van der Waals surface area contributed by atoms with Crippen molar-refractivity contribution in [1.29, 1.82) is 0 Å². The molecule has 2 unspecified atom stereocenters. The summed E-state index contributed by atoms with van der Waals surface area (Å²) in [7, 11) is 1.51. The Morgan fingerprint density at radius 3 is 2.44 bits per heavy atom. The summed E-state index contributed by atoms with van der Waals surface area (Å²) in [5.74, 6) is -3.56. The zero-order valence-electron chi connectivity index (χ0n) is 19.6. The van der Waals surface area contributed by atoms with Crippen LogP contribution in [0.1, 0.15) is 53.4 Å². The van der Waals surface area contributed by atoms with Crippen LogP contribution in [-0.2, 0) is 28.7 Å². The first-order valence-electron chi connectivity index (χ1n) is 11.0. The maximum absolute atomic E-state index is 12.8. The molecule has 10 heteroatoms. The summed E-state index contributed by atoms with van der Waals surface area (Å²) < 4.78 is 10.9. The van der Waals surface area contributed by atoms with Crippen LogP contribution >= 0.6 is 0 Å². The van der Waals surface area contributed by atoms with Gasteiger partial charge in [0.2, 0.25) is 0 Å². The van der Waals surface area contributed by atoms with Crippen molar-refractivity contribution in [2.75, 3.05) is 13.7 Å². The third-order valence-electron chi connectivity index (χ3n) is 5.47. The number of amides is 2. The number of nitrogens with one attached hydrogen (secondary N) is 2. The molecule has 0 saturated carbocycles. The number of hydrogen-bond acceptors (Lipinski definition) is 7. The first-order valence-corrected chi connectivity index (χ1v) is 11.0. The van der Waals surface area contributed by atoms with Gasteiger partial charge in [-0.15, -0.1) is 6.58 Å². The second-order valence-electron chi connectivity index (χ2n) is 8.41. The van der Waals surface area contributed by atoms with E-state index in [1.165, 1.54) is 19.0 Å². The molecule has 0 aromatic rings. The van der Waals surface area contributed by atoms with Gasteiger partial charge in [0.05, 0.1) is 12.0 Å². The van der Waals surface area contributed by atoms with Crippen LogP contribution in [0.15, 0.2) is 12.7 Å². The van der Waals surface area contributed by atoms with E-state index in [1.54, 1.807) is 26.8 Å². The minimum atomic E-state index is -1.09. The lowest BCUT2D eigenvalue weighted by molar-refractivity contribution is -0.166. The zero-order chi connectivity index (χ0) is 24.4. The van der Waals surface area contributed by atoms with E-state index in [2.05, 4.69) is 17.3 Å². The van der Waals surface area contributed by atoms with E-state index in [-0.39, 0.29) is 12.0 Å². The number of esters is 1. The Balaban J connectivity index is 2.75. The number of hydrogen-bond donors (Lipinski definition) is 3. The molecule has 2 amide bonds. The molecule has 182 valence electrons. The topological polar surface area (TPSA) is 134 Å². The van der Waals surface area contributed by atoms with Crippen molar-refractivity contribution in [2.45, 2.75) is 77.7 Å². The summed E-state index contributed by atoms with van der Waals surface area (Å²) in [5, 5.41) is 13.0. The van der Waals surface area contributed by atoms with Crippen molar-refractivity contribution in [1.82, 2.24) is 15.8 Å². The molecule has 0 radical (unpaired) electrons. The smallest absolute Gasteiger partial charge is 0.322 e. The quantitative estimate of drug-likeness (QED) is 0.296. The van der Waals surface area contributed by atoms with Crippen LogP contribution in [0.5, 0.6) is 0 Å². The van der Waals surface area contributed by atoms with Crippen LogP contribution < -0.4 is 10.7 Å². The monoisotopic (exact) mass is 455 g/mol. The van der Waals surface area contributed by atoms with Crippen LogP contribution in [0.4, 0.5) is 0 Å². The second kappa shape index (κ2) is 13.2. The lowest BCUT2D eigenvalue weighted by Gasteiger charge is -2.34. The van der Waals surface area contributed by atoms with Gasteiger partial charge in [0.15, 0.2) is 6.10 Å². The Labute approximate surface area is 189 Å². The lowest BCUT2D eigenvalue weighted by atomic mass is 9.99. The molecular weight excluding hydrogens is 418 g/mol. The molecule has 3 N–H and O–H groups in total. The Morgan fingerprint density at radius 1 is 1.25 bits per heavy atom. The number of ether oxygens (including phenoxy) is 2. The van der Waals surface area contributed by atoms with Gasteiger partial charge < -0.3 is 19.9 Å². The van der Waals surface area contributed by atoms with Crippen molar-refractivity contribution in [3.05, 3.63) is 12.7 Å². The lowest BCUT2D eigenvalue weighted by Crippen LogP contribution is -2.60. The van der Waals surface area contributed by atoms with E-state index in [4.69, 9.17) is 14.6 Å². The third kappa shape index (κ3) is 7.90. The summed E-state index contributed by atoms with van der Waals surface area (Å²) >= 11 is 0. The number of hydrazine groups is 1. The highest BCUT2D eigenvalue weighted by molar-refractivity contribution is 5.90. The maximum atomic E-state index is 12.8. The number of carboxylic acids is 1. The van der Waals surface area contributed by atoms with Gasteiger partial charge in [-0.25, -0.2) is 5.43 Å². The highest BCUT2D eigenvalue weighted by atomic mass is 16.6. The van der Waals surface area contributed by atoms with Crippen LogP contribution in [0, 0.1) is 11.8 Å². The second-order valence-corrected chi connectivity index (χ2v) is 8.41. The molecule has 10 nitrogen and oxygen atoms in total. The predicted octanol–water partition coefficient (Wildman–Crippen LogP) is 1.26. The van der Waals surface area contributed by atoms with Crippen molar-refractivity contribution in [3.63, 3.8) is 0 Å². The van der Waals surface area contributed by atoms with Gasteiger partial charge in [0.25, 0.3) is 11.8 Å². The van der Waals surface area contributed by atoms with Gasteiger partial charge >= 0.3 is 11.9 Å². The fourth-order valence-corrected chi connectivity index (χ4v) is 3.44. The Bertz CT molecular complexity index is 682. The highest BCUT2D eigenvalue weighted by Crippen LogP contribution is 2.18. The summed E-state index contributed by atoms with van der Waals surface area (Å²) in [6.45, 7) is 10.7. The Morgan fingerprint density at radius 2 is 1.91 bits per heavy atom. The first kappa shape index (κ1) is 27.6. The summed E-state index contributed by atoms with van der Waals surface area (Å²) in [5.41, 5.74) is 2.67. The van der Waals surface area contributed by atoms with Crippen LogP contribution in [0.25, 0.3) is 0 Å². The third-order valence-corrected chi connectivity index (χ3v) is 5.47. The molecule has 32 heavy (non-hydrogen) atoms. The minimum Gasteiger partial charge on any atom is -0.480 e. The zero-order valence-corrected chi connectivity index (χ0v) is 19.6. The minimum absolute atomic E-state index is 0.327. The molecule has 0 aliphatic carbocycles. The number of methoxy groups -OCH3 is 1. The molecule has 0 spiro atoms. The molecule has 1 fully saturated rings. The number of carbonyl (C=O) groups is 4. The van der Waals surface area contributed by atoms with Crippen LogP contribution in [0.2, 0.25) is 0 Å². The number of aliphatic carboxylic acids is 1. The largest absolute Gasteiger partial charge is 0.480 e. The van der Waals surface area contributed by atoms with Gasteiger partial charge in [0, 0.05) is 13.7 Å². The van der Waals surface area contributed by atoms with E-state index in [9.17, 15) is 19.2 Å². The van der Waals surface area contributed by atoms with E-state index >= 15 is 0 Å². The molecule has 0 aromatic carbocycles. The fourth-order valence-electron chi connectivity index (χ4n) is 3.44. The van der Waals surface area contributed by atoms with Crippen molar-refractivity contribution in [3.8, 4) is 0 Å². The predicted molar refractivity (Wildman–Crippen MR) is 117 cm³/mol. The van der Waals surface area contributed by atoms with Gasteiger partial charge in [-0.3, -0.25) is 24.2 Å². The molecule has 0 aromatic heterocycles. The molecule has 1 aliphatic heterocycles. The van der Waals surface area contributed by atoms with Crippen molar-refractivity contribution in [2.24, 2.45) is 11.8 Å². The number of rotatable bonds is 12. The normalized spacial score (nSPS) is 20.1. The molecule has 0 bridgehead atoms. The molecular formula is C22H37N3O7. The standard InChI is InChI=1S/C22H37N3O7/c1-7-8-11-17(31-6)14(4)22(30)32-18(13(2)3)19(26)23-15(5)20(27)25-12-9-10-16(24-25)21(28)29/h7,13-18,24H,1,8-12H2,2-6H3,(H,23,26)(H,28,29)/t14-,15+,16+,17?,18?/m1/s1. The van der Waals surface area contributed by atoms with Gasteiger partial charge in [-0.1, -0.05) is 19.9 Å². The van der Waals surface area contributed by atoms with E-state index in [1.807, 2.05) is 0 Å². The SMILES string of the molecule is C=CCCC(OC)[C@@H](C)C(=O)OC(C(=O)N[C@@H](C)C(=O)N1CCC[C@@H](C(=O)O)N1)C(C)C. The van der Waals surface area contributed by atoms with Crippen molar-refractivity contribution < 1.29 is 33.8 Å². The molecule has 1 saturated heterocycles. The Hall–Kier alpha value is -2.46. The van der Waals surface area contributed by atoms with E-state index in [0.717, 1.165) is 0 Å². The average Bonchev–Trinajstić information content (AvgIpc) is 2.76. The van der Waals surface area contributed by atoms with Crippen molar-refractivity contribution >= 4 is 23.8 Å². The van der Waals surface area contributed by atoms with E-state index < -0.39 is 47.9 Å². The summed E-state index contributed by atoms with van der Waals surface area (Å²) in [6, 6.07) is -1.78. The first-order chi connectivity index (χ1) is 15.0.